The Morgan fingerprint density at radius 3 is 2.61 bits per heavy atom. The third-order valence-electron chi connectivity index (χ3n) is 4.46. The molecule has 1 aliphatic rings. The molecule has 1 unspecified atom stereocenters. The molecule has 0 spiro atoms. The van der Waals surface area contributed by atoms with Crippen LogP contribution in [0.15, 0.2) is 60.7 Å². The van der Waals surface area contributed by atoms with Gasteiger partial charge in [-0.1, -0.05) is 61.6 Å². The van der Waals surface area contributed by atoms with Gasteiger partial charge < -0.3 is 4.57 Å². The lowest BCUT2D eigenvalue weighted by atomic mass is 9.97. The molecule has 1 aromatic heterocycles. The van der Waals surface area contributed by atoms with E-state index in [0.29, 0.717) is 0 Å². The van der Waals surface area contributed by atoms with E-state index in [1.807, 2.05) is 6.08 Å². The maximum absolute atomic E-state index is 3.45. The Morgan fingerprint density at radius 1 is 1.00 bits per heavy atom. The Morgan fingerprint density at radius 2 is 1.78 bits per heavy atom. The number of hydrogen-bond acceptors (Lipinski definition) is 0. The molecule has 0 amide bonds. The van der Waals surface area contributed by atoms with Crippen LogP contribution in [-0.2, 0) is 0 Å². The van der Waals surface area contributed by atoms with Crippen LogP contribution < -0.4 is 0 Å². The highest BCUT2D eigenvalue weighted by atomic mass is 15.0. The lowest BCUT2D eigenvalue weighted by molar-refractivity contribution is 0.704. The van der Waals surface area contributed by atoms with Crippen molar-refractivity contribution < 1.29 is 0 Å². The number of para-hydroxylation sites is 2. The molecular formula is C22H19N. The maximum Gasteiger partial charge on any atom is 0.0618 e. The maximum atomic E-state index is 3.45. The van der Waals surface area contributed by atoms with Crippen molar-refractivity contribution in [2.24, 2.45) is 0 Å². The van der Waals surface area contributed by atoms with E-state index in [9.17, 15) is 0 Å². The summed E-state index contributed by atoms with van der Waals surface area (Å²) in [4.78, 5) is 0. The molecule has 112 valence electrons. The molecule has 4 rings (SSSR count). The molecular weight excluding hydrogens is 278 g/mol. The standard InChI is InChI=1S/C22H19N/c1-2-10-17-11-6-7-15-20-19-14-8-9-16-21(19)23(22(17)20)18-12-4-3-5-13-18/h3-5,7-9,12-17H,2,10H2,1H3. The molecule has 2 aromatic carbocycles. The number of hydrogen-bond donors (Lipinski definition) is 0. The van der Waals surface area contributed by atoms with E-state index in [2.05, 4.69) is 84.0 Å². The fourth-order valence-corrected chi connectivity index (χ4v) is 3.50. The summed E-state index contributed by atoms with van der Waals surface area (Å²) >= 11 is 0. The highest BCUT2D eigenvalue weighted by molar-refractivity contribution is 5.93. The minimum Gasteiger partial charge on any atom is -0.312 e. The van der Waals surface area contributed by atoms with Gasteiger partial charge in [-0.2, -0.15) is 0 Å². The topological polar surface area (TPSA) is 4.93 Å². The highest BCUT2D eigenvalue weighted by Gasteiger charge is 2.23. The van der Waals surface area contributed by atoms with Gasteiger partial charge in [0.2, 0.25) is 0 Å². The Kier molecular flexibility index (Phi) is 3.52. The van der Waals surface area contributed by atoms with Crippen molar-refractivity contribution in [1.29, 1.82) is 0 Å². The first-order chi connectivity index (χ1) is 11.4. The van der Waals surface area contributed by atoms with Crippen LogP contribution in [0.5, 0.6) is 0 Å². The average molecular weight is 297 g/mol. The average Bonchev–Trinajstić information content (AvgIpc) is 2.79. The minimum absolute atomic E-state index is 0.276. The minimum atomic E-state index is 0.276. The fraction of sp³-hybridized carbons (Fsp3) is 0.182. The number of nitrogens with zero attached hydrogens (tertiary/aromatic N) is 1. The largest absolute Gasteiger partial charge is 0.312 e. The third-order valence-corrected chi connectivity index (χ3v) is 4.46. The second kappa shape index (κ2) is 5.82. The third kappa shape index (κ3) is 2.28. The SMILES string of the molecule is CCCC1C#CC=Cc2c1n(-c1ccccc1)c1ccccc21. The van der Waals surface area contributed by atoms with Crippen molar-refractivity contribution >= 4 is 17.0 Å². The first kappa shape index (κ1) is 13.9. The van der Waals surface area contributed by atoms with Crippen molar-refractivity contribution in [1.82, 2.24) is 4.57 Å². The Bertz CT molecular complexity index is 933. The first-order valence-corrected chi connectivity index (χ1v) is 8.26. The molecule has 0 saturated heterocycles. The van der Waals surface area contributed by atoms with Gasteiger partial charge in [0.1, 0.15) is 0 Å². The van der Waals surface area contributed by atoms with Crippen molar-refractivity contribution in [2.45, 2.75) is 25.7 Å². The number of rotatable bonds is 3. The van der Waals surface area contributed by atoms with Crippen LogP contribution in [0.25, 0.3) is 22.7 Å². The van der Waals surface area contributed by atoms with E-state index >= 15 is 0 Å². The summed E-state index contributed by atoms with van der Waals surface area (Å²) in [6, 6.07) is 19.3. The van der Waals surface area contributed by atoms with Crippen molar-refractivity contribution in [3.05, 3.63) is 71.9 Å². The summed E-state index contributed by atoms with van der Waals surface area (Å²) < 4.78 is 2.40. The molecule has 3 aromatic rings. The lowest BCUT2D eigenvalue weighted by Crippen LogP contribution is -2.06. The van der Waals surface area contributed by atoms with Crippen LogP contribution in [-0.4, -0.2) is 4.57 Å². The van der Waals surface area contributed by atoms with Gasteiger partial charge in [0.15, 0.2) is 0 Å². The van der Waals surface area contributed by atoms with E-state index in [-0.39, 0.29) is 5.92 Å². The molecule has 0 fully saturated rings. The number of aromatic nitrogens is 1. The second-order valence-corrected chi connectivity index (χ2v) is 5.95. The van der Waals surface area contributed by atoms with Gasteiger partial charge in [0.05, 0.1) is 11.4 Å². The van der Waals surface area contributed by atoms with E-state index in [4.69, 9.17) is 0 Å². The molecule has 0 bridgehead atoms. The number of benzene rings is 2. The van der Waals surface area contributed by atoms with E-state index in [1.54, 1.807) is 0 Å². The summed E-state index contributed by atoms with van der Waals surface area (Å²) in [6.45, 7) is 2.23. The molecule has 23 heavy (non-hydrogen) atoms. The predicted molar refractivity (Wildman–Crippen MR) is 97.7 cm³/mol. The molecule has 1 atom stereocenters. The number of allylic oxidation sites excluding steroid dienone is 1. The molecule has 0 aliphatic heterocycles. The van der Waals surface area contributed by atoms with Crippen LogP contribution in [0.3, 0.4) is 0 Å². The smallest absolute Gasteiger partial charge is 0.0618 e. The summed E-state index contributed by atoms with van der Waals surface area (Å²) in [6.07, 6.45) is 6.40. The number of fused-ring (bicyclic) bond motifs is 3. The van der Waals surface area contributed by atoms with E-state index in [0.717, 1.165) is 12.8 Å². The molecule has 1 aliphatic carbocycles. The first-order valence-electron chi connectivity index (χ1n) is 8.26. The Balaban J connectivity index is 2.09. The van der Waals surface area contributed by atoms with Crippen LogP contribution in [0.2, 0.25) is 0 Å². The lowest BCUT2D eigenvalue weighted by Gasteiger charge is -2.16. The van der Waals surface area contributed by atoms with Crippen LogP contribution in [0, 0.1) is 11.8 Å². The van der Waals surface area contributed by atoms with Gasteiger partial charge in [-0.3, -0.25) is 0 Å². The monoisotopic (exact) mass is 297 g/mol. The molecule has 1 nitrogen and oxygen atoms in total. The zero-order chi connectivity index (χ0) is 15.6. The van der Waals surface area contributed by atoms with Crippen LogP contribution in [0.4, 0.5) is 0 Å². The fourth-order valence-electron chi connectivity index (χ4n) is 3.50. The zero-order valence-electron chi connectivity index (χ0n) is 13.3. The summed E-state index contributed by atoms with van der Waals surface area (Å²) in [5.41, 5.74) is 5.11. The summed E-state index contributed by atoms with van der Waals surface area (Å²) in [5.74, 6) is 6.94. The van der Waals surface area contributed by atoms with Crippen molar-refractivity contribution in [3.63, 3.8) is 0 Å². The summed E-state index contributed by atoms with van der Waals surface area (Å²) in [5, 5.41) is 1.30. The van der Waals surface area contributed by atoms with E-state index in [1.165, 1.54) is 27.8 Å². The van der Waals surface area contributed by atoms with Gasteiger partial charge in [-0.05, 0) is 36.8 Å². The van der Waals surface area contributed by atoms with Gasteiger partial charge in [0.25, 0.3) is 0 Å². The van der Waals surface area contributed by atoms with Crippen molar-refractivity contribution in [3.8, 4) is 17.5 Å². The highest BCUT2D eigenvalue weighted by Crippen LogP contribution is 2.37. The molecule has 1 heterocycles. The van der Waals surface area contributed by atoms with E-state index < -0.39 is 0 Å². The molecule has 0 saturated carbocycles. The van der Waals surface area contributed by atoms with Crippen LogP contribution in [0.1, 0.15) is 36.9 Å². The Labute approximate surface area is 137 Å². The van der Waals surface area contributed by atoms with Crippen LogP contribution >= 0.6 is 0 Å². The molecule has 1 heteroatoms. The normalized spacial score (nSPS) is 15.8. The van der Waals surface area contributed by atoms with Crippen molar-refractivity contribution in [2.75, 3.05) is 0 Å². The van der Waals surface area contributed by atoms with Gasteiger partial charge >= 0.3 is 0 Å². The molecule has 0 radical (unpaired) electrons. The van der Waals surface area contributed by atoms with Gasteiger partial charge in [-0.25, -0.2) is 0 Å². The second-order valence-electron chi connectivity index (χ2n) is 5.95. The summed E-state index contributed by atoms with van der Waals surface area (Å²) in [7, 11) is 0. The molecule has 0 N–H and O–H groups in total. The predicted octanol–water partition coefficient (Wildman–Crippen LogP) is 5.54. The Hall–Kier alpha value is -2.72. The van der Waals surface area contributed by atoms with Gasteiger partial charge in [-0.15, -0.1) is 0 Å². The zero-order valence-corrected chi connectivity index (χ0v) is 13.3. The van der Waals surface area contributed by atoms with Gasteiger partial charge in [0, 0.05) is 22.3 Å². The quantitative estimate of drug-likeness (QED) is 0.559.